The Morgan fingerprint density at radius 3 is 2.79 bits per heavy atom. The zero-order chi connectivity index (χ0) is 13.2. The Labute approximate surface area is 122 Å². The number of halogens is 1. The number of cyclic esters (lactones) is 1. The minimum Gasteiger partial charge on any atom is -0.401 e. The Balaban J connectivity index is 1.98. The van der Waals surface area contributed by atoms with Gasteiger partial charge in [-0.2, -0.15) is 0 Å². The number of aliphatic imine (C=N–C) groups is 1. The molecule has 0 spiro atoms. The molecule has 2 aromatic rings. The summed E-state index contributed by atoms with van der Waals surface area (Å²) in [7, 11) is 0. The van der Waals surface area contributed by atoms with Crippen LogP contribution in [0.2, 0.25) is 0 Å². The number of hydrogen-bond acceptors (Lipinski definition) is 4. The highest BCUT2D eigenvalue weighted by Crippen LogP contribution is 2.24. The number of hydrogen-bond donors (Lipinski definition) is 0. The van der Waals surface area contributed by atoms with Gasteiger partial charge >= 0.3 is 5.97 Å². The van der Waals surface area contributed by atoms with Crippen LogP contribution in [0.1, 0.15) is 10.4 Å². The molecule has 0 aliphatic carbocycles. The average Bonchev–Trinajstić information content (AvgIpc) is 3.02. The maximum absolute atomic E-state index is 11.8. The summed E-state index contributed by atoms with van der Waals surface area (Å²) in [5.74, 6) is -0.0440. The molecule has 0 radical (unpaired) electrons. The van der Waals surface area contributed by atoms with E-state index in [1.165, 1.54) is 11.3 Å². The van der Waals surface area contributed by atoms with Crippen molar-refractivity contribution in [1.82, 2.24) is 0 Å². The summed E-state index contributed by atoms with van der Waals surface area (Å²) in [5.41, 5.74) is 1.21. The molecule has 94 valence electrons. The number of rotatable bonds is 2. The minimum absolute atomic E-state index is 0.315. The van der Waals surface area contributed by atoms with Crippen LogP contribution in [0.3, 0.4) is 0 Å². The molecule has 0 N–H and O–H groups in total. The second kappa shape index (κ2) is 5.11. The monoisotopic (exact) mass is 333 g/mol. The molecule has 0 saturated heterocycles. The van der Waals surface area contributed by atoms with Crippen LogP contribution in [0.5, 0.6) is 0 Å². The van der Waals surface area contributed by atoms with E-state index in [1.54, 1.807) is 6.08 Å². The van der Waals surface area contributed by atoms with Gasteiger partial charge in [0.15, 0.2) is 5.70 Å². The van der Waals surface area contributed by atoms with Gasteiger partial charge in [-0.25, -0.2) is 9.79 Å². The van der Waals surface area contributed by atoms with Gasteiger partial charge in [0.2, 0.25) is 5.90 Å². The molecular weight excluding hydrogens is 326 g/mol. The predicted octanol–water partition coefficient (Wildman–Crippen LogP) is 3.86. The van der Waals surface area contributed by atoms with Crippen molar-refractivity contribution in [2.45, 2.75) is 0 Å². The van der Waals surface area contributed by atoms with Crippen LogP contribution >= 0.6 is 27.3 Å². The minimum atomic E-state index is -0.417. The molecule has 3 rings (SSSR count). The van der Waals surface area contributed by atoms with Gasteiger partial charge in [-0.3, -0.25) is 0 Å². The van der Waals surface area contributed by atoms with Crippen molar-refractivity contribution in [3.05, 3.63) is 62.4 Å². The topological polar surface area (TPSA) is 38.7 Å². The van der Waals surface area contributed by atoms with Crippen LogP contribution in [0, 0.1) is 0 Å². The summed E-state index contributed by atoms with van der Waals surface area (Å²) < 4.78 is 6.08. The van der Waals surface area contributed by atoms with Crippen LogP contribution in [-0.2, 0) is 9.53 Å². The molecule has 19 heavy (non-hydrogen) atoms. The predicted molar refractivity (Wildman–Crippen MR) is 79.1 cm³/mol. The molecule has 2 heterocycles. The highest BCUT2D eigenvalue weighted by Gasteiger charge is 2.24. The van der Waals surface area contributed by atoms with Crippen molar-refractivity contribution in [2.24, 2.45) is 4.99 Å². The molecule has 0 amide bonds. The lowest BCUT2D eigenvalue weighted by Crippen LogP contribution is -2.03. The maximum atomic E-state index is 11.8. The first-order chi connectivity index (χ1) is 9.24. The third kappa shape index (κ3) is 2.52. The fraction of sp³-hybridized carbons (Fsp3) is 0. The maximum Gasteiger partial charge on any atom is 0.363 e. The van der Waals surface area contributed by atoms with Crippen molar-refractivity contribution in [2.75, 3.05) is 0 Å². The van der Waals surface area contributed by atoms with E-state index < -0.39 is 5.97 Å². The molecular formula is C14H8BrNO2S. The summed E-state index contributed by atoms with van der Waals surface area (Å²) in [5, 5.41) is 1.92. The van der Waals surface area contributed by atoms with E-state index in [0.717, 1.165) is 14.9 Å². The summed E-state index contributed by atoms with van der Waals surface area (Å²) in [4.78, 5) is 16.9. The first-order valence-corrected chi connectivity index (χ1v) is 7.22. The number of nitrogens with zero attached hydrogens (tertiary/aromatic N) is 1. The summed E-state index contributed by atoms with van der Waals surface area (Å²) in [6.45, 7) is 0. The first-order valence-electron chi connectivity index (χ1n) is 5.55. The molecule has 0 saturated carbocycles. The Kier molecular flexibility index (Phi) is 3.31. The van der Waals surface area contributed by atoms with Crippen LogP contribution in [0.25, 0.3) is 6.08 Å². The van der Waals surface area contributed by atoms with Crippen LogP contribution in [-0.4, -0.2) is 11.9 Å². The van der Waals surface area contributed by atoms with Crippen molar-refractivity contribution in [3.8, 4) is 0 Å². The van der Waals surface area contributed by atoms with Crippen molar-refractivity contribution in [1.29, 1.82) is 0 Å². The fourth-order valence-corrected chi connectivity index (χ4v) is 2.70. The van der Waals surface area contributed by atoms with Crippen LogP contribution < -0.4 is 0 Å². The molecule has 0 unspecified atom stereocenters. The van der Waals surface area contributed by atoms with E-state index in [2.05, 4.69) is 20.9 Å². The van der Waals surface area contributed by atoms with Crippen LogP contribution in [0.4, 0.5) is 0 Å². The number of carbonyl (C=O) groups is 1. The first kappa shape index (κ1) is 12.3. The van der Waals surface area contributed by atoms with E-state index in [0.29, 0.717) is 11.6 Å². The Hall–Kier alpha value is -1.72. The third-order valence-corrected chi connectivity index (χ3v) is 4.13. The summed E-state index contributed by atoms with van der Waals surface area (Å²) >= 11 is 4.92. The fourth-order valence-electron chi connectivity index (χ4n) is 1.65. The number of thiophene rings is 1. The Bertz CT molecular complexity index is 689. The van der Waals surface area contributed by atoms with Crippen molar-refractivity contribution in [3.63, 3.8) is 0 Å². The summed E-state index contributed by atoms with van der Waals surface area (Å²) in [6, 6.07) is 11.4. The van der Waals surface area contributed by atoms with Gasteiger partial charge in [0.05, 0.1) is 4.88 Å². The van der Waals surface area contributed by atoms with Gasteiger partial charge in [0, 0.05) is 4.47 Å². The standard InChI is InChI=1S/C14H8BrNO2S/c15-10-5-2-1-4-9(10)8-11-14(17)18-13(16-11)12-6-3-7-19-12/h1-8H. The average molecular weight is 334 g/mol. The van der Waals surface area contributed by atoms with Crippen LogP contribution in [0.15, 0.2) is 56.9 Å². The molecule has 1 aromatic heterocycles. The highest BCUT2D eigenvalue weighted by atomic mass is 79.9. The molecule has 1 aliphatic heterocycles. The second-order valence-electron chi connectivity index (χ2n) is 3.83. The zero-order valence-electron chi connectivity index (χ0n) is 9.67. The van der Waals surface area contributed by atoms with Gasteiger partial charge in [0.1, 0.15) is 0 Å². The smallest absolute Gasteiger partial charge is 0.363 e. The molecule has 5 heteroatoms. The van der Waals surface area contributed by atoms with E-state index >= 15 is 0 Å². The lowest BCUT2D eigenvalue weighted by molar-refractivity contribution is -0.129. The molecule has 0 fully saturated rings. The quantitative estimate of drug-likeness (QED) is 0.618. The van der Waals surface area contributed by atoms with Gasteiger partial charge < -0.3 is 4.74 Å². The molecule has 1 aromatic carbocycles. The van der Waals surface area contributed by atoms with Gasteiger partial charge in [-0.05, 0) is 29.2 Å². The number of carbonyl (C=O) groups excluding carboxylic acids is 1. The largest absolute Gasteiger partial charge is 0.401 e. The number of esters is 1. The van der Waals surface area contributed by atoms with Gasteiger partial charge in [-0.1, -0.05) is 40.2 Å². The normalized spacial score (nSPS) is 16.6. The molecule has 0 atom stereocenters. The van der Waals surface area contributed by atoms with Gasteiger partial charge in [-0.15, -0.1) is 11.3 Å². The van der Waals surface area contributed by atoms with E-state index in [9.17, 15) is 4.79 Å². The lowest BCUT2D eigenvalue weighted by atomic mass is 10.2. The van der Waals surface area contributed by atoms with E-state index in [-0.39, 0.29) is 0 Å². The molecule has 0 bridgehead atoms. The highest BCUT2D eigenvalue weighted by molar-refractivity contribution is 9.10. The van der Waals surface area contributed by atoms with E-state index in [4.69, 9.17) is 4.74 Å². The number of benzene rings is 1. The van der Waals surface area contributed by atoms with Crippen molar-refractivity contribution >= 4 is 45.2 Å². The lowest BCUT2D eigenvalue weighted by Gasteiger charge is -1.96. The molecule has 3 nitrogen and oxygen atoms in total. The second-order valence-corrected chi connectivity index (χ2v) is 5.64. The molecule has 1 aliphatic rings. The Morgan fingerprint density at radius 1 is 1.21 bits per heavy atom. The van der Waals surface area contributed by atoms with Gasteiger partial charge in [0.25, 0.3) is 0 Å². The summed E-state index contributed by atoms with van der Waals surface area (Å²) in [6.07, 6.45) is 1.72. The van der Waals surface area contributed by atoms with Crippen molar-refractivity contribution < 1.29 is 9.53 Å². The number of ether oxygens (including phenoxy) is 1. The zero-order valence-corrected chi connectivity index (χ0v) is 12.1. The third-order valence-electron chi connectivity index (χ3n) is 2.55. The van der Waals surface area contributed by atoms with E-state index in [1.807, 2.05) is 41.8 Å². The Morgan fingerprint density at radius 2 is 2.05 bits per heavy atom. The SMILES string of the molecule is O=C1OC(c2cccs2)=NC1=Cc1ccccc1Br.